The van der Waals surface area contributed by atoms with Crippen LogP contribution in [0.3, 0.4) is 0 Å². The smallest absolute Gasteiger partial charge is 0.352 e. The minimum absolute atomic E-state index is 0.224. The van der Waals surface area contributed by atoms with Gasteiger partial charge in [0.15, 0.2) is 0 Å². The van der Waals surface area contributed by atoms with Gasteiger partial charge in [-0.2, -0.15) is 0 Å². The Labute approximate surface area is 115 Å². The van der Waals surface area contributed by atoms with E-state index in [1.165, 1.54) is 6.08 Å². The van der Waals surface area contributed by atoms with Crippen molar-refractivity contribution >= 4 is 18.0 Å². The highest BCUT2D eigenvalue weighted by Crippen LogP contribution is 2.04. The topological polar surface area (TPSA) is 79.3 Å². The Morgan fingerprint density at radius 1 is 1.05 bits per heavy atom. The Hall–Kier alpha value is -2.95. The predicted octanol–water partition coefficient (Wildman–Crippen LogP) is 1.94. The summed E-state index contributed by atoms with van der Waals surface area (Å²) in [6.45, 7) is 0. The van der Waals surface area contributed by atoms with E-state index >= 15 is 0 Å². The molecular weight excluding hydrogens is 256 g/mol. The van der Waals surface area contributed by atoms with E-state index in [-0.39, 0.29) is 5.70 Å². The molecule has 0 aliphatic carbocycles. The maximum Gasteiger partial charge on any atom is 0.352 e. The van der Waals surface area contributed by atoms with Crippen LogP contribution >= 0.6 is 0 Å². The molecule has 0 bridgehead atoms. The lowest BCUT2D eigenvalue weighted by Crippen LogP contribution is -2.27. The van der Waals surface area contributed by atoms with Crippen molar-refractivity contribution < 1.29 is 14.7 Å². The zero-order chi connectivity index (χ0) is 14.4. The molecule has 0 aliphatic heterocycles. The SMILES string of the molecule is O=C(O)C(=Cc1ccccn1)NC(=O)c1ccccc1. The van der Waals surface area contributed by atoms with Crippen molar-refractivity contribution in [1.29, 1.82) is 0 Å². The van der Waals surface area contributed by atoms with Crippen LogP contribution in [0.1, 0.15) is 16.1 Å². The van der Waals surface area contributed by atoms with E-state index in [1.807, 2.05) is 0 Å². The molecule has 1 aromatic heterocycles. The number of rotatable bonds is 4. The van der Waals surface area contributed by atoms with Crippen molar-refractivity contribution in [3.63, 3.8) is 0 Å². The Balaban J connectivity index is 2.21. The molecule has 0 saturated heterocycles. The maximum absolute atomic E-state index is 11.9. The summed E-state index contributed by atoms with van der Waals surface area (Å²) in [6, 6.07) is 13.5. The predicted molar refractivity (Wildman–Crippen MR) is 73.8 cm³/mol. The third kappa shape index (κ3) is 3.52. The van der Waals surface area contributed by atoms with Crippen molar-refractivity contribution in [3.05, 3.63) is 71.7 Å². The number of carboxylic acids is 1. The van der Waals surface area contributed by atoms with Gasteiger partial charge in [-0.05, 0) is 30.3 Å². The molecule has 0 atom stereocenters. The second-order valence-electron chi connectivity index (χ2n) is 3.94. The van der Waals surface area contributed by atoms with Crippen LogP contribution in [0.15, 0.2) is 60.4 Å². The molecule has 2 rings (SSSR count). The third-order valence-electron chi connectivity index (χ3n) is 2.49. The van der Waals surface area contributed by atoms with Gasteiger partial charge in [0.1, 0.15) is 5.70 Å². The summed E-state index contributed by atoms with van der Waals surface area (Å²) in [7, 11) is 0. The maximum atomic E-state index is 11.9. The molecule has 0 aliphatic rings. The molecule has 2 aromatic rings. The van der Waals surface area contributed by atoms with Gasteiger partial charge >= 0.3 is 5.97 Å². The molecular formula is C15H12N2O3. The Kier molecular flexibility index (Phi) is 4.24. The molecule has 100 valence electrons. The number of amides is 1. The number of aliphatic carboxylic acids is 1. The van der Waals surface area contributed by atoms with Crippen molar-refractivity contribution in [3.8, 4) is 0 Å². The number of carbonyl (C=O) groups excluding carboxylic acids is 1. The van der Waals surface area contributed by atoms with Crippen LogP contribution in [0.2, 0.25) is 0 Å². The van der Waals surface area contributed by atoms with E-state index in [4.69, 9.17) is 5.11 Å². The van der Waals surface area contributed by atoms with Crippen LogP contribution in [0.25, 0.3) is 6.08 Å². The van der Waals surface area contributed by atoms with Gasteiger partial charge in [-0.1, -0.05) is 24.3 Å². The lowest BCUT2D eigenvalue weighted by molar-refractivity contribution is -0.132. The van der Waals surface area contributed by atoms with Crippen molar-refractivity contribution in [2.45, 2.75) is 0 Å². The number of benzene rings is 1. The van der Waals surface area contributed by atoms with E-state index in [0.29, 0.717) is 11.3 Å². The van der Waals surface area contributed by atoms with Crippen LogP contribution in [0.4, 0.5) is 0 Å². The molecule has 0 radical (unpaired) electrons. The van der Waals surface area contributed by atoms with Crippen LogP contribution < -0.4 is 5.32 Å². The normalized spacial score (nSPS) is 10.9. The lowest BCUT2D eigenvalue weighted by Gasteiger charge is -2.05. The summed E-state index contributed by atoms with van der Waals surface area (Å²) in [5.74, 6) is -1.70. The Morgan fingerprint density at radius 3 is 2.35 bits per heavy atom. The first kappa shape index (κ1) is 13.5. The quantitative estimate of drug-likeness (QED) is 0.830. The number of carboxylic acid groups (broad SMARTS) is 1. The molecule has 20 heavy (non-hydrogen) atoms. The summed E-state index contributed by atoms with van der Waals surface area (Å²) in [6.07, 6.45) is 2.85. The van der Waals surface area contributed by atoms with Crippen LogP contribution in [-0.4, -0.2) is 22.0 Å². The summed E-state index contributed by atoms with van der Waals surface area (Å²) in [5.41, 5.74) is 0.622. The van der Waals surface area contributed by atoms with Gasteiger partial charge in [-0.3, -0.25) is 9.78 Å². The van der Waals surface area contributed by atoms with Gasteiger partial charge < -0.3 is 10.4 Å². The number of hydrogen-bond acceptors (Lipinski definition) is 3. The van der Waals surface area contributed by atoms with Crippen molar-refractivity contribution in [1.82, 2.24) is 10.3 Å². The number of carbonyl (C=O) groups is 2. The summed E-state index contributed by atoms with van der Waals surface area (Å²) in [4.78, 5) is 27.1. The van der Waals surface area contributed by atoms with Crippen LogP contribution in [-0.2, 0) is 4.79 Å². The molecule has 1 amide bonds. The number of nitrogens with zero attached hydrogens (tertiary/aromatic N) is 1. The monoisotopic (exact) mass is 268 g/mol. The second-order valence-corrected chi connectivity index (χ2v) is 3.94. The molecule has 0 spiro atoms. The minimum atomic E-state index is -1.22. The van der Waals surface area contributed by atoms with E-state index < -0.39 is 11.9 Å². The fourth-order valence-corrected chi connectivity index (χ4v) is 1.54. The van der Waals surface area contributed by atoms with Crippen LogP contribution in [0.5, 0.6) is 0 Å². The third-order valence-corrected chi connectivity index (χ3v) is 2.49. The number of pyridine rings is 1. The van der Waals surface area contributed by atoms with E-state index in [9.17, 15) is 9.59 Å². The molecule has 0 unspecified atom stereocenters. The first-order valence-corrected chi connectivity index (χ1v) is 5.89. The van der Waals surface area contributed by atoms with Gasteiger partial charge in [0.25, 0.3) is 5.91 Å². The standard InChI is InChI=1S/C15H12N2O3/c18-14(11-6-2-1-3-7-11)17-13(15(19)20)10-12-8-4-5-9-16-12/h1-10H,(H,17,18)(H,19,20). The lowest BCUT2D eigenvalue weighted by atomic mass is 10.2. The van der Waals surface area contributed by atoms with Crippen LogP contribution in [0, 0.1) is 0 Å². The van der Waals surface area contributed by atoms with Gasteiger partial charge in [0.2, 0.25) is 0 Å². The number of aromatic nitrogens is 1. The summed E-state index contributed by atoms with van der Waals surface area (Å²) >= 11 is 0. The molecule has 5 nitrogen and oxygen atoms in total. The fraction of sp³-hybridized carbons (Fsp3) is 0. The summed E-state index contributed by atoms with van der Waals surface area (Å²) < 4.78 is 0. The zero-order valence-corrected chi connectivity index (χ0v) is 10.5. The van der Waals surface area contributed by atoms with Gasteiger partial charge in [0, 0.05) is 11.8 Å². The average molecular weight is 268 g/mol. The van der Waals surface area contributed by atoms with E-state index in [0.717, 1.165) is 0 Å². The number of nitrogens with one attached hydrogen (secondary N) is 1. The molecule has 1 aromatic carbocycles. The van der Waals surface area contributed by atoms with Gasteiger partial charge in [-0.15, -0.1) is 0 Å². The van der Waals surface area contributed by atoms with Crippen molar-refractivity contribution in [2.24, 2.45) is 0 Å². The second kappa shape index (κ2) is 6.29. The molecule has 0 fully saturated rings. The first-order valence-electron chi connectivity index (χ1n) is 5.89. The largest absolute Gasteiger partial charge is 0.477 e. The number of hydrogen-bond donors (Lipinski definition) is 2. The highest BCUT2D eigenvalue weighted by atomic mass is 16.4. The minimum Gasteiger partial charge on any atom is -0.477 e. The molecule has 5 heteroatoms. The highest BCUT2D eigenvalue weighted by Gasteiger charge is 2.13. The molecule has 2 N–H and O–H groups in total. The first-order chi connectivity index (χ1) is 9.66. The van der Waals surface area contributed by atoms with Gasteiger partial charge in [-0.25, -0.2) is 4.79 Å². The molecule has 0 saturated carbocycles. The molecule has 1 heterocycles. The van der Waals surface area contributed by atoms with E-state index in [1.54, 1.807) is 54.7 Å². The fourth-order valence-electron chi connectivity index (χ4n) is 1.54. The summed E-state index contributed by atoms with van der Waals surface area (Å²) in [5, 5.41) is 11.5. The highest BCUT2D eigenvalue weighted by molar-refractivity contribution is 6.02. The average Bonchev–Trinajstić information content (AvgIpc) is 2.48. The Morgan fingerprint density at radius 2 is 1.75 bits per heavy atom. The van der Waals surface area contributed by atoms with E-state index in [2.05, 4.69) is 10.3 Å². The Bertz CT molecular complexity index is 637. The van der Waals surface area contributed by atoms with Crippen molar-refractivity contribution in [2.75, 3.05) is 0 Å². The zero-order valence-electron chi connectivity index (χ0n) is 10.5. The van der Waals surface area contributed by atoms with Gasteiger partial charge in [0.05, 0.1) is 5.69 Å².